The van der Waals surface area contributed by atoms with Crippen LogP contribution in [-0.4, -0.2) is 24.2 Å². The van der Waals surface area contributed by atoms with Crippen LogP contribution >= 0.6 is 0 Å². The lowest BCUT2D eigenvalue weighted by Crippen LogP contribution is -2.00. The Morgan fingerprint density at radius 3 is 1.60 bits per heavy atom. The highest BCUT2D eigenvalue weighted by molar-refractivity contribution is 5.88. The number of nitrogens with zero attached hydrogens (tertiary/aromatic N) is 2. The Labute approximate surface area is 146 Å². The van der Waals surface area contributed by atoms with Crippen molar-refractivity contribution in [3.8, 4) is 11.5 Å². The van der Waals surface area contributed by atoms with Crippen molar-refractivity contribution in [2.45, 2.75) is 6.42 Å². The molecule has 124 valence electrons. The number of fused-ring (bicyclic) bond motifs is 2. The molecular formula is C21H18N2O2. The predicted molar refractivity (Wildman–Crippen MR) is 99.4 cm³/mol. The summed E-state index contributed by atoms with van der Waals surface area (Å²) in [5.41, 5.74) is 4.11. The maximum Gasteiger partial charge on any atom is 0.123 e. The van der Waals surface area contributed by atoms with Crippen LogP contribution in [0.25, 0.3) is 21.8 Å². The second-order valence-electron chi connectivity index (χ2n) is 5.81. The minimum absolute atomic E-state index is 0.679. The monoisotopic (exact) mass is 330 g/mol. The number of ether oxygens (including phenoxy) is 2. The van der Waals surface area contributed by atoms with Gasteiger partial charge in [0.15, 0.2) is 0 Å². The molecule has 4 aromatic rings. The molecule has 0 fully saturated rings. The first kappa shape index (κ1) is 15.4. The van der Waals surface area contributed by atoms with E-state index in [2.05, 4.69) is 22.1 Å². The van der Waals surface area contributed by atoms with E-state index >= 15 is 0 Å². The molecule has 0 unspecified atom stereocenters. The molecule has 0 atom stereocenters. The van der Waals surface area contributed by atoms with Gasteiger partial charge in [-0.25, -0.2) is 0 Å². The van der Waals surface area contributed by atoms with Crippen LogP contribution in [0.2, 0.25) is 0 Å². The van der Waals surface area contributed by atoms with Gasteiger partial charge in [0.1, 0.15) is 11.5 Å². The van der Waals surface area contributed by atoms with Crippen LogP contribution in [0, 0.1) is 0 Å². The molecule has 2 aromatic carbocycles. The number of hydrogen-bond acceptors (Lipinski definition) is 4. The molecule has 4 nitrogen and oxygen atoms in total. The number of aromatic nitrogens is 2. The summed E-state index contributed by atoms with van der Waals surface area (Å²) in [6.07, 6.45) is 4.29. The number of rotatable bonds is 4. The van der Waals surface area contributed by atoms with Crippen LogP contribution in [-0.2, 0) is 6.42 Å². The van der Waals surface area contributed by atoms with Crippen molar-refractivity contribution < 1.29 is 9.47 Å². The van der Waals surface area contributed by atoms with E-state index in [0.717, 1.165) is 44.4 Å². The van der Waals surface area contributed by atoms with Crippen LogP contribution in [0.15, 0.2) is 60.9 Å². The summed E-state index contributed by atoms with van der Waals surface area (Å²) in [5.74, 6) is 1.70. The molecule has 2 aromatic heterocycles. The lowest BCUT2D eigenvalue weighted by Gasteiger charge is -2.15. The van der Waals surface area contributed by atoms with Crippen molar-refractivity contribution in [1.82, 2.24) is 9.97 Å². The fraction of sp³-hybridized carbons (Fsp3) is 0.143. The second-order valence-corrected chi connectivity index (χ2v) is 5.81. The SMILES string of the molecule is COc1ccc2ncccc2c1Cc1c(OC)ccc2ncccc12. The molecule has 0 aliphatic carbocycles. The zero-order valence-electron chi connectivity index (χ0n) is 14.2. The lowest BCUT2D eigenvalue weighted by atomic mass is 9.96. The van der Waals surface area contributed by atoms with Crippen LogP contribution in [0.5, 0.6) is 11.5 Å². The number of pyridine rings is 2. The number of methoxy groups -OCH3 is 2. The minimum atomic E-state index is 0.679. The van der Waals surface area contributed by atoms with E-state index < -0.39 is 0 Å². The summed E-state index contributed by atoms with van der Waals surface area (Å²) in [6, 6.07) is 16.0. The van der Waals surface area contributed by atoms with Gasteiger partial charge in [-0.05, 0) is 36.4 Å². The third-order valence-corrected chi connectivity index (χ3v) is 4.50. The standard InChI is InChI=1S/C21H18N2O2/c1-24-20-9-7-18-14(5-3-11-22-18)16(20)13-17-15-6-4-12-23-19(15)8-10-21(17)25-2/h3-12H,13H2,1-2H3. The van der Waals surface area contributed by atoms with Crippen molar-refractivity contribution in [2.24, 2.45) is 0 Å². The first-order chi connectivity index (χ1) is 12.3. The Hall–Kier alpha value is -3.14. The van der Waals surface area contributed by atoms with Gasteiger partial charge in [-0.15, -0.1) is 0 Å². The maximum absolute atomic E-state index is 5.63. The van der Waals surface area contributed by atoms with Gasteiger partial charge in [0, 0.05) is 40.7 Å². The van der Waals surface area contributed by atoms with E-state index in [1.165, 1.54) is 0 Å². The molecule has 0 saturated carbocycles. The van der Waals surface area contributed by atoms with Crippen LogP contribution in [0.1, 0.15) is 11.1 Å². The maximum atomic E-state index is 5.63. The summed E-state index contributed by atoms with van der Waals surface area (Å²) in [5, 5.41) is 2.18. The van der Waals surface area contributed by atoms with Gasteiger partial charge in [-0.1, -0.05) is 12.1 Å². The first-order valence-corrected chi connectivity index (χ1v) is 8.13. The Bertz CT molecular complexity index is 975. The van der Waals surface area contributed by atoms with Crippen LogP contribution in [0.4, 0.5) is 0 Å². The molecule has 25 heavy (non-hydrogen) atoms. The van der Waals surface area contributed by atoms with Crippen molar-refractivity contribution in [1.29, 1.82) is 0 Å². The van der Waals surface area contributed by atoms with Crippen molar-refractivity contribution >= 4 is 21.8 Å². The van der Waals surface area contributed by atoms with Gasteiger partial charge in [-0.2, -0.15) is 0 Å². The smallest absolute Gasteiger partial charge is 0.123 e. The average Bonchev–Trinajstić information content (AvgIpc) is 2.68. The largest absolute Gasteiger partial charge is 0.496 e. The van der Waals surface area contributed by atoms with Crippen LogP contribution in [0.3, 0.4) is 0 Å². The first-order valence-electron chi connectivity index (χ1n) is 8.13. The van der Waals surface area contributed by atoms with E-state index in [4.69, 9.17) is 9.47 Å². The highest BCUT2D eigenvalue weighted by Crippen LogP contribution is 2.34. The van der Waals surface area contributed by atoms with E-state index in [0.29, 0.717) is 6.42 Å². The molecule has 2 heterocycles. The fourth-order valence-electron chi connectivity index (χ4n) is 3.31. The summed E-state index contributed by atoms with van der Waals surface area (Å²) in [6.45, 7) is 0. The van der Waals surface area contributed by atoms with Gasteiger partial charge in [0.2, 0.25) is 0 Å². The third kappa shape index (κ3) is 2.66. The second kappa shape index (κ2) is 6.40. The topological polar surface area (TPSA) is 44.2 Å². The lowest BCUT2D eigenvalue weighted by molar-refractivity contribution is 0.406. The van der Waals surface area contributed by atoms with Gasteiger partial charge < -0.3 is 9.47 Å². The molecule has 0 spiro atoms. The Morgan fingerprint density at radius 2 is 1.16 bits per heavy atom. The normalized spacial score (nSPS) is 11.0. The third-order valence-electron chi connectivity index (χ3n) is 4.50. The average molecular weight is 330 g/mol. The van der Waals surface area contributed by atoms with Gasteiger partial charge in [0.25, 0.3) is 0 Å². The predicted octanol–water partition coefficient (Wildman–Crippen LogP) is 4.39. The molecule has 0 N–H and O–H groups in total. The molecule has 0 bridgehead atoms. The summed E-state index contributed by atoms with van der Waals surface area (Å²) < 4.78 is 11.3. The van der Waals surface area contributed by atoms with Crippen molar-refractivity contribution in [3.05, 3.63) is 72.1 Å². The van der Waals surface area contributed by atoms with Gasteiger partial charge >= 0.3 is 0 Å². The number of hydrogen-bond donors (Lipinski definition) is 0. The zero-order chi connectivity index (χ0) is 17.2. The van der Waals surface area contributed by atoms with E-state index in [-0.39, 0.29) is 0 Å². The highest BCUT2D eigenvalue weighted by Gasteiger charge is 2.15. The van der Waals surface area contributed by atoms with E-state index in [1.807, 2.05) is 36.4 Å². The quantitative estimate of drug-likeness (QED) is 0.556. The molecule has 4 rings (SSSR count). The zero-order valence-corrected chi connectivity index (χ0v) is 14.2. The van der Waals surface area contributed by atoms with Gasteiger partial charge in [-0.3, -0.25) is 9.97 Å². The molecule has 0 aliphatic heterocycles. The Kier molecular flexibility index (Phi) is 3.94. The van der Waals surface area contributed by atoms with Gasteiger partial charge in [0.05, 0.1) is 25.3 Å². The molecule has 4 heteroatoms. The molecule has 0 amide bonds. The molecule has 0 saturated heterocycles. The molecule has 0 aliphatic rings. The molecular weight excluding hydrogens is 312 g/mol. The van der Waals surface area contributed by atoms with Crippen molar-refractivity contribution in [3.63, 3.8) is 0 Å². The van der Waals surface area contributed by atoms with Crippen molar-refractivity contribution in [2.75, 3.05) is 14.2 Å². The number of benzene rings is 2. The Morgan fingerprint density at radius 1 is 0.680 bits per heavy atom. The Balaban J connectivity index is 1.97. The summed E-state index contributed by atoms with van der Waals surface area (Å²) in [7, 11) is 3.39. The summed E-state index contributed by atoms with van der Waals surface area (Å²) >= 11 is 0. The van der Waals surface area contributed by atoms with Crippen LogP contribution < -0.4 is 9.47 Å². The highest BCUT2D eigenvalue weighted by atomic mass is 16.5. The molecule has 0 radical (unpaired) electrons. The minimum Gasteiger partial charge on any atom is -0.496 e. The van der Waals surface area contributed by atoms with E-state index in [9.17, 15) is 0 Å². The summed E-state index contributed by atoms with van der Waals surface area (Å²) in [4.78, 5) is 8.93. The fourth-order valence-corrected chi connectivity index (χ4v) is 3.31. The van der Waals surface area contributed by atoms with E-state index in [1.54, 1.807) is 26.6 Å².